The number of Topliss-reactive ketones (excluding diaryl/α,β-unsaturated/α-hetero) is 1. The topological polar surface area (TPSA) is 31.0 Å². The normalized spacial score (nSPS) is 26.2. The van der Waals surface area contributed by atoms with Crippen LogP contribution in [0, 0.1) is 0 Å². The van der Waals surface area contributed by atoms with Crippen LogP contribution in [0.5, 0.6) is 0 Å². The lowest BCUT2D eigenvalue weighted by molar-refractivity contribution is -0.369. The first kappa shape index (κ1) is 6.78. The standard InChI is InChI=1S/C5H3Cl2NO/c6-3-1-8-2-4(7)5(3)9/h1-3H/p+1. The zero-order chi connectivity index (χ0) is 6.85. The van der Waals surface area contributed by atoms with Gasteiger partial charge in [-0.05, 0) is 0 Å². The molecule has 0 aromatic carbocycles. The van der Waals surface area contributed by atoms with Crippen LogP contribution in [0.15, 0.2) is 11.2 Å². The van der Waals surface area contributed by atoms with Crippen molar-refractivity contribution in [3.8, 4) is 0 Å². The summed E-state index contributed by atoms with van der Waals surface area (Å²) in [5.74, 6) is -0.253. The molecular weight excluding hydrogens is 161 g/mol. The van der Waals surface area contributed by atoms with Gasteiger partial charge < -0.3 is 0 Å². The Kier molecular flexibility index (Phi) is 1.88. The van der Waals surface area contributed by atoms with Gasteiger partial charge in [0.1, 0.15) is 5.03 Å². The number of rotatable bonds is 0. The van der Waals surface area contributed by atoms with Crippen LogP contribution in [0.25, 0.3) is 0 Å². The van der Waals surface area contributed by atoms with Crippen LogP contribution in [-0.4, -0.2) is 17.4 Å². The van der Waals surface area contributed by atoms with Gasteiger partial charge in [0.25, 0.3) is 0 Å². The Morgan fingerprint density at radius 2 is 2.33 bits per heavy atom. The number of ketones is 1. The molecule has 0 saturated heterocycles. The van der Waals surface area contributed by atoms with Gasteiger partial charge in [0.2, 0.25) is 5.78 Å². The molecule has 1 unspecified atom stereocenters. The van der Waals surface area contributed by atoms with Crippen LogP contribution in [0.2, 0.25) is 0 Å². The van der Waals surface area contributed by atoms with E-state index in [1.807, 2.05) is 0 Å². The van der Waals surface area contributed by atoms with Crippen LogP contribution in [0.3, 0.4) is 0 Å². The van der Waals surface area contributed by atoms with Crippen LogP contribution < -0.4 is 4.99 Å². The molecule has 4 heteroatoms. The number of carbonyl (C=O) groups is 1. The fraction of sp³-hybridized carbons (Fsp3) is 0.200. The minimum absolute atomic E-state index is 0.150. The lowest BCUT2D eigenvalue weighted by Gasteiger charge is -1.98. The fourth-order valence-corrected chi connectivity index (χ4v) is 0.911. The van der Waals surface area contributed by atoms with Gasteiger partial charge in [0.05, 0.1) is 0 Å². The van der Waals surface area contributed by atoms with Gasteiger partial charge in [-0.1, -0.05) is 11.6 Å². The van der Waals surface area contributed by atoms with Crippen molar-refractivity contribution in [2.45, 2.75) is 5.38 Å². The molecule has 1 heterocycles. The first-order valence-corrected chi connectivity index (χ1v) is 3.16. The third-order valence-corrected chi connectivity index (χ3v) is 1.56. The zero-order valence-electron chi connectivity index (χ0n) is 4.40. The number of hydrogen-bond acceptors (Lipinski definition) is 1. The third kappa shape index (κ3) is 1.32. The molecule has 1 aliphatic heterocycles. The Morgan fingerprint density at radius 3 is 2.78 bits per heavy atom. The Balaban J connectivity index is 2.86. The van der Waals surface area contributed by atoms with E-state index in [0.717, 1.165) is 0 Å². The SMILES string of the molecule is O=C1C(Cl)=C[NH+]=CC1Cl. The first-order chi connectivity index (χ1) is 4.22. The number of carbonyl (C=O) groups excluding carboxylic acids is 1. The molecule has 0 aromatic heterocycles. The predicted octanol–water partition coefficient (Wildman–Crippen LogP) is -0.592. The number of hydrogen-bond donors (Lipinski definition) is 1. The van der Waals surface area contributed by atoms with E-state index < -0.39 is 5.38 Å². The second kappa shape index (κ2) is 2.50. The highest BCUT2D eigenvalue weighted by atomic mass is 35.5. The van der Waals surface area contributed by atoms with Gasteiger partial charge in [-0.3, -0.25) is 4.79 Å². The molecule has 0 radical (unpaired) electrons. The van der Waals surface area contributed by atoms with E-state index in [1.165, 1.54) is 12.4 Å². The highest BCUT2D eigenvalue weighted by Gasteiger charge is 2.22. The van der Waals surface area contributed by atoms with Crippen LogP contribution in [0.1, 0.15) is 0 Å². The molecule has 48 valence electrons. The average Bonchev–Trinajstić information content (AvgIpc) is 1.83. The van der Waals surface area contributed by atoms with E-state index in [2.05, 4.69) is 4.99 Å². The van der Waals surface area contributed by atoms with E-state index in [0.29, 0.717) is 0 Å². The molecule has 9 heavy (non-hydrogen) atoms. The summed E-state index contributed by atoms with van der Waals surface area (Å²) in [4.78, 5) is 13.4. The van der Waals surface area contributed by atoms with Gasteiger partial charge in [0, 0.05) is 0 Å². The maximum atomic E-state index is 10.7. The lowest BCUT2D eigenvalue weighted by atomic mass is 10.2. The summed E-state index contributed by atoms with van der Waals surface area (Å²) in [7, 11) is 0. The molecule has 0 spiro atoms. The van der Waals surface area contributed by atoms with E-state index in [9.17, 15) is 4.79 Å². The molecule has 0 aliphatic carbocycles. The number of nitrogens with one attached hydrogen (secondary N) is 1. The molecule has 0 fully saturated rings. The summed E-state index contributed by atoms with van der Waals surface area (Å²) in [6.07, 6.45) is 2.87. The van der Waals surface area contributed by atoms with Crippen molar-refractivity contribution >= 4 is 35.2 Å². The van der Waals surface area contributed by atoms with Crippen LogP contribution >= 0.6 is 23.2 Å². The van der Waals surface area contributed by atoms with Crippen molar-refractivity contribution in [2.24, 2.45) is 0 Å². The van der Waals surface area contributed by atoms with Gasteiger partial charge in [-0.25, -0.2) is 4.99 Å². The summed E-state index contributed by atoms with van der Waals surface area (Å²) >= 11 is 10.9. The molecule has 1 rings (SSSR count). The largest absolute Gasteiger partial charge is 0.291 e. The molecule has 1 aliphatic rings. The van der Waals surface area contributed by atoms with Crippen molar-refractivity contribution in [1.29, 1.82) is 0 Å². The maximum Gasteiger partial charge on any atom is 0.208 e. The highest BCUT2D eigenvalue weighted by molar-refractivity contribution is 6.52. The van der Waals surface area contributed by atoms with Gasteiger partial charge in [-0.2, -0.15) is 0 Å². The van der Waals surface area contributed by atoms with E-state index in [4.69, 9.17) is 23.2 Å². The van der Waals surface area contributed by atoms with E-state index in [-0.39, 0.29) is 10.8 Å². The summed E-state index contributed by atoms with van der Waals surface area (Å²) < 4.78 is 0. The van der Waals surface area contributed by atoms with Gasteiger partial charge in [-0.15, -0.1) is 11.6 Å². The quantitative estimate of drug-likeness (QED) is 0.478. The third-order valence-electron chi connectivity index (χ3n) is 0.938. The van der Waals surface area contributed by atoms with Crippen molar-refractivity contribution in [1.82, 2.24) is 0 Å². The molecule has 0 saturated carbocycles. The summed E-state index contributed by atoms with van der Waals surface area (Å²) in [5.41, 5.74) is 0. The zero-order valence-corrected chi connectivity index (χ0v) is 5.91. The van der Waals surface area contributed by atoms with Crippen LogP contribution in [-0.2, 0) is 4.79 Å². The fourth-order valence-electron chi connectivity index (χ4n) is 0.484. The monoisotopic (exact) mass is 164 g/mol. The molecule has 0 amide bonds. The first-order valence-electron chi connectivity index (χ1n) is 2.35. The van der Waals surface area contributed by atoms with Gasteiger partial charge >= 0.3 is 0 Å². The lowest BCUT2D eigenvalue weighted by Crippen LogP contribution is -2.66. The van der Waals surface area contributed by atoms with Crippen molar-refractivity contribution < 1.29 is 9.79 Å². The minimum atomic E-state index is -0.623. The van der Waals surface area contributed by atoms with Gasteiger partial charge in [0.15, 0.2) is 17.8 Å². The number of allylic oxidation sites excluding steroid dienone is 1. The molecule has 1 N–H and O–H groups in total. The average molecular weight is 165 g/mol. The van der Waals surface area contributed by atoms with E-state index >= 15 is 0 Å². The Hall–Kier alpha value is -0.340. The molecule has 0 aromatic rings. The molecule has 2 nitrogen and oxygen atoms in total. The second-order valence-corrected chi connectivity index (χ2v) is 2.47. The molecule has 1 atom stereocenters. The van der Waals surface area contributed by atoms with Crippen molar-refractivity contribution in [3.63, 3.8) is 0 Å². The molecular formula is C5H4Cl2NO+. The second-order valence-electron chi connectivity index (χ2n) is 1.59. The van der Waals surface area contributed by atoms with E-state index in [1.54, 1.807) is 0 Å². The highest BCUT2D eigenvalue weighted by Crippen LogP contribution is 2.07. The van der Waals surface area contributed by atoms with Crippen LogP contribution in [0.4, 0.5) is 0 Å². The van der Waals surface area contributed by atoms with Crippen molar-refractivity contribution in [2.75, 3.05) is 0 Å². The Bertz CT molecular complexity index is 197. The Labute approximate surface area is 62.2 Å². The smallest absolute Gasteiger partial charge is 0.208 e. The van der Waals surface area contributed by atoms with Crippen molar-refractivity contribution in [3.05, 3.63) is 11.2 Å². The number of halogens is 2. The maximum absolute atomic E-state index is 10.7. The molecule has 0 bridgehead atoms. The predicted molar refractivity (Wildman–Crippen MR) is 35.6 cm³/mol. The summed E-state index contributed by atoms with van der Waals surface area (Å²) in [5, 5.41) is -0.472. The Morgan fingerprint density at radius 1 is 1.67 bits per heavy atom. The minimum Gasteiger partial charge on any atom is -0.291 e. The number of alkyl halides is 1. The summed E-state index contributed by atoms with van der Waals surface area (Å²) in [6, 6.07) is 0. The summed E-state index contributed by atoms with van der Waals surface area (Å²) in [6.45, 7) is 0.